The van der Waals surface area contributed by atoms with E-state index < -0.39 is 0 Å². The van der Waals surface area contributed by atoms with Crippen LogP contribution in [0.5, 0.6) is 5.75 Å². The van der Waals surface area contributed by atoms with Gasteiger partial charge in [0.25, 0.3) is 0 Å². The van der Waals surface area contributed by atoms with Crippen molar-refractivity contribution in [1.29, 1.82) is 0 Å². The highest BCUT2D eigenvalue weighted by atomic mass is 16.5. The Bertz CT molecular complexity index is 1050. The lowest BCUT2D eigenvalue weighted by Crippen LogP contribution is -2.43. The summed E-state index contributed by atoms with van der Waals surface area (Å²) < 4.78 is 7.88. The van der Waals surface area contributed by atoms with Gasteiger partial charge in [0.15, 0.2) is 11.6 Å². The summed E-state index contributed by atoms with van der Waals surface area (Å²) in [4.78, 5) is 20.4. The van der Waals surface area contributed by atoms with E-state index in [1.807, 2.05) is 29.2 Å². The van der Waals surface area contributed by atoms with Gasteiger partial charge in [0.05, 0.1) is 35.6 Å². The summed E-state index contributed by atoms with van der Waals surface area (Å²) in [5, 5.41) is 3.20. The van der Waals surface area contributed by atoms with E-state index >= 15 is 0 Å². The van der Waals surface area contributed by atoms with Crippen molar-refractivity contribution in [3.05, 3.63) is 42.7 Å². The number of likely N-dealkylation sites (N-methyl/N-ethyl adjacent to an activating group) is 1. The molecule has 2 aliphatic carbocycles. The lowest BCUT2D eigenvalue weighted by Gasteiger charge is -2.34. The van der Waals surface area contributed by atoms with Crippen molar-refractivity contribution in [3.8, 4) is 11.4 Å². The second-order valence-electron chi connectivity index (χ2n) is 8.31. The molecule has 0 bridgehead atoms. The Balaban J connectivity index is 1.20. The van der Waals surface area contributed by atoms with E-state index in [9.17, 15) is 0 Å². The van der Waals surface area contributed by atoms with Crippen LogP contribution in [0.2, 0.25) is 0 Å². The zero-order valence-corrected chi connectivity index (χ0v) is 16.4. The van der Waals surface area contributed by atoms with Crippen molar-refractivity contribution in [2.75, 3.05) is 23.9 Å². The van der Waals surface area contributed by atoms with E-state index in [0.29, 0.717) is 24.3 Å². The largest absolute Gasteiger partial charge is 0.486 e. The van der Waals surface area contributed by atoms with Crippen LogP contribution in [-0.4, -0.2) is 43.7 Å². The minimum atomic E-state index is 0.127. The summed E-state index contributed by atoms with van der Waals surface area (Å²) in [5.41, 5.74) is 2.30. The minimum absolute atomic E-state index is 0.127. The molecule has 0 atom stereocenters. The van der Waals surface area contributed by atoms with Crippen LogP contribution in [0.25, 0.3) is 5.69 Å². The number of nitrogens with one attached hydrogen (secondary N) is 1. The zero-order valence-electron chi connectivity index (χ0n) is 16.4. The van der Waals surface area contributed by atoms with Gasteiger partial charge in [0, 0.05) is 19.2 Å². The van der Waals surface area contributed by atoms with Crippen molar-refractivity contribution in [2.45, 2.75) is 43.6 Å². The van der Waals surface area contributed by atoms with Gasteiger partial charge in [-0.25, -0.2) is 15.0 Å². The molecule has 29 heavy (non-hydrogen) atoms. The molecule has 1 spiro atoms. The van der Waals surface area contributed by atoms with Gasteiger partial charge in [-0.15, -0.1) is 0 Å². The number of fused-ring (bicyclic) bond motifs is 1. The Morgan fingerprint density at radius 2 is 2.03 bits per heavy atom. The molecule has 8 nitrogen and oxygen atoms in total. The molecular formula is C21H23N7O. The van der Waals surface area contributed by atoms with Crippen LogP contribution in [0.4, 0.5) is 17.6 Å². The van der Waals surface area contributed by atoms with Crippen LogP contribution in [-0.2, 0) is 0 Å². The summed E-state index contributed by atoms with van der Waals surface area (Å²) in [6.07, 6.45) is 13.7. The Labute approximate surface area is 169 Å². The molecule has 4 heterocycles. The van der Waals surface area contributed by atoms with E-state index in [0.717, 1.165) is 30.1 Å². The highest BCUT2D eigenvalue weighted by Crippen LogP contribution is 2.48. The predicted octanol–water partition coefficient (Wildman–Crippen LogP) is 3.43. The molecule has 1 aliphatic heterocycles. The number of aromatic nitrogens is 5. The average molecular weight is 389 g/mol. The van der Waals surface area contributed by atoms with E-state index in [1.165, 1.54) is 25.0 Å². The van der Waals surface area contributed by atoms with Gasteiger partial charge in [0.2, 0.25) is 5.95 Å². The fraction of sp³-hybridized carbons (Fsp3) is 0.429. The quantitative estimate of drug-likeness (QED) is 0.732. The van der Waals surface area contributed by atoms with Gasteiger partial charge in [-0.2, -0.15) is 4.98 Å². The molecule has 3 aromatic rings. The molecular weight excluding hydrogens is 366 g/mol. The number of anilines is 3. The van der Waals surface area contributed by atoms with E-state index in [2.05, 4.69) is 43.4 Å². The second kappa shape index (κ2) is 6.17. The summed E-state index contributed by atoms with van der Waals surface area (Å²) >= 11 is 0. The molecule has 3 aliphatic rings. The standard InChI is InChI=1S/C21H23N7O/c1-27-19-17(29-12-21(27)7-8-21)10-23-20(26-19)25-18-6-5-15(9-22-18)28-11-16(24-13-28)14-3-2-4-14/h5-6,9-11,13-14H,2-4,7-8,12H2,1H3,(H,22,23,25,26). The highest BCUT2D eigenvalue weighted by molar-refractivity contribution is 5.61. The van der Waals surface area contributed by atoms with E-state index in [1.54, 1.807) is 6.20 Å². The molecule has 2 saturated carbocycles. The Morgan fingerprint density at radius 1 is 1.14 bits per heavy atom. The van der Waals surface area contributed by atoms with Crippen LogP contribution in [0, 0.1) is 0 Å². The van der Waals surface area contributed by atoms with Crippen molar-refractivity contribution >= 4 is 17.6 Å². The molecule has 0 aromatic carbocycles. The van der Waals surface area contributed by atoms with Gasteiger partial charge < -0.3 is 19.5 Å². The lowest BCUT2D eigenvalue weighted by atomic mass is 9.83. The third-order valence-corrected chi connectivity index (χ3v) is 6.50. The predicted molar refractivity (Wildman–Crippen MR) is 109 cm³/mol. The SMILES string of the molecule is CN1c2nc(Nc3ccc(-n4cnc(C5CCC5)c4)cn3)ncc2OCC12CC2. The molecule has 0 unspecified atom stereocenters. The number of imidazole rings is 1. The van der Waals surface area contributed by atoms with Gasteiger partial charge >= 0.3 is 0 Å². The maximum absolute atomic E-state index is 5.85. The molecule has 0 saturated heterocycles. The molecule has 0 amide bonds. The summed E-state index contributed by atoms with van der Waals surface area (Å²) in [6.45, 7) is 0.715. The Hall–Kier alpha value is -3.16. The van der Waals surface area contributed by atoms with Crippen molar-refractivity contribution in [1.82, 2.24) is 24.5 Å². The maximum atomic E-state index is 5.85. The van der Waals surface area contributed by atoms with Gasteiger partial charge in [0.1, 0.15) is 12.4 Å². The third kappa shape index (κ3) is 2.82. The van der Waals surface area contributed by atoms with Gasteiger partial charge in [-0.05, 0) is 37.8 Å². The number of hydrogen-bond donors (Lipinski definition) is 1. The van der Waals surface area contributed by atoms with E-state index in [4.69, 9.17) is 4.74 Å². The zero-order chi connectivity index (χ0) is 19.4. The maximum Gasteiger partial charge on any atom is 0.230 e. The van der Waals surface area contributed by atoms with Crippen molar-refractivity contribution in [3.63, 3.8) is 0 Å². The number of hydrogen-bond acceptors (Lipinski definition) is 7. The Kier molecular flexibility index (Phi) is 3.57. The first kappa shape index (κ1) is 16.8. The fourth-order valence-corrected chi connectivity index (χ4v) is 4.04. The normalized spacial score (nSPS) is 19.4. The van der Waals surface area contributed by atoms with Crippen LogP contribution in [0.15, 0.2) is 37.1 Å². The van der Waals surface area contributed by atoms with Crippen LogP contribution in [0.1, 0.15) is 43.7 Å². The van der Waals surface area contributed by atoms with Crippen LogP contribution >= 0.6 is 0 Å². The third-order valence-electron chi connectivity index (χ3n) is 6.50. The van der Waals surface area contributed by atoms with Crippen LogP contribution in [0.3, 0.4) is 0 Å². The topological polar surface area (TPSA) is 81.0 Å². The van der Waals surface area contributed by atoms with Crippen LogP contribution < -0.4 is 15.0 Å². The minimum Gasteiger partial charge on any atom is -0.486 e. The lowest BCUT2D eigenvalue weighted by molar-refractivity contribution is 0.253. The van der Waals surface area contributed by atoms with Gasteiger partial charge in [-0.3, -0.25) is 0 Å². The molecule has 1 N–H and O–H groups in total. The van der Waals surface area contributed by atoms with Gasteiger partial charge in [-0.1, -0.05) is 6.42 Å². The first-order valence-corrected chi connectivity index (χ1v) is 10.2. The number of rotatable bonds is 4. The molecule has 148 valence electrons. The average Bonchev–Trinajstić information content (AvgIpc) is 3.33. The summed E-state index contributed by atoms with van der Waals surface area (Å²) in [7, 11) is 2.08. The number of nitrogens with zero attached hydrogens (tertiary/aromatic N) is 6. The highest BCUT2D eigenvalue weighted by Gasteiger charge is 2.51. The van der Waals surface area contributed by atoms with Crippen molar-refractivity contribution in [2.24, 2.45) is 0 Å². The summed E-state index contributed by atoms with van der Waals surface area (Å²) in [5.74, 6) is 3.43. The fourth-order valence-electron chi connectivity index (χ4n) is 4.04. The number of pyridine rings is 1. The molecule has 3 aromatic heterocycles. The molecule has 8 heteroatoms. The Morgan fingerprint density at radius 3 is 2.76 bits per heavy atom. The molecule has 0 radical (unpaired) electrons. The smallest absolute Gasteiger partial charge is 0.230 e. The van der Waals surface area contributed by atoms with E-state index in [-0.39, 0.29) is 5.54 Å². The monoisotopic (exact) mass is 389 g/mol. The van der Waals surface area contributed by atoms with Crippen molar-refractivity contribution < 1.29 is 4.74 Å². The molecule has 2 fully saturated rings. The summed E-state index contributed by atoms with van der Waals surface area (Å²) in [6, 6.07) is 3.96. The first-order valence-electron chi connectivity index (χ1n) is 10.2. The number of ether oxygens (including phenoxy) is 1. The first-order chi connectivity index (χ1) is 14.2. The molecule has 6 rings (SSSR count). The second-order valence-corrected chi connectivity index (χ2v) is 8.31.